The second-order valence-corrected chi connectivity index (χ2v) is 3.90. The van der Waals surface area contributed by atoms with Gasteiger partial charge in [-0.15, -0.1) is 0 Å². The topological polar surface area (TPSA) is 41.1 Å². The monoisotopic (exact) mass is 206 g/mol. The molecule has 0 fully saturated rings. The largest absolute Gasteiger partial charge is 0.387 e. The quantitative estimate of drug-likeness (QED) is 0.792. The zero-order valence-corrected chi connectivity index (χ0v) is 9.50. The Kier molecular flexibility index (Phi) is 4.16. The Morgan fingerprint density at radius 2 is 2.00 bits per heavy atom. The Morgan fingerprint density at radius 1 is 1.33 bits per heavy atom. The zero-order chi connectivity index (χ0) is 11.3. The molecule has 82 valence electrons. The van der Waals surface area contributed by atoms with Crippen LogP contribution in [-0.2, 0) is 0 Å². The lowest BCUT2D eigenvalue weighted by molar-refractivity contribution is 0.0950. The molecule has 0 atom stereocenters. The average molecular weight is 206 g/mol. The lowest BCUT2D eigenvalue weighted by Crippen LogP contribution is -2.27. The van der Waals surface area contributed by atoms with E-state index in [1.807, 2.05) is 31.3 Å². The molecule has 1 rings (SSSR count). The van der Waals surface area contributed by atoms with Crippen molar-refractivity contribution in [1.29, 1.82) is 0 Å². The normalized spacial score (nSPS) is 10.1. The first kappa shape index (κ1) is 11.6. The van der Waals surface area contributed by atoms with Crippen molar-refractivity contribution in [3.8, 4) is 0 Å². The number of carbonyl (C=O) groups is 1. The highest BCUT2D eigenvalue weighted by molar-refractivity contribution is 5.99. The molecule has 0 aliphatic rings. The molecule has 2 N–H and O–H groups in total. The van der Waals surface area contributed by atoms with Gasteiger partial charge in [0.05, 0.1) is 5.56 Å². The molecule has 1 aromatic carbocycles. The van der Waals surface area contributed by atoms with Gasteiger partial charge in [0.2, 0.25) is 0 Å². The summed E-state index contributed by atoms with van der Waals surface area (Å²) in [5.74, 6) is 0.448. The molecule has 0 unspecified atom stereocenters. The van der Waals surface area contributed by atoms with Gasteiger partial charge in [0.1, 0.15) is 0 Å². The van der Waals surface area contributed by atoms with Gasteiger partial charge in [-0.05, 0) is 18.1 Å². The van der Waals surface area contributed by atoms with Crippen molar-refractivity contribution >= 4 is 11.6 Å². The van der Waals surface area contributed by atoms with Gasteiger partial charge in [-0.3, -0.25) is 4.79 Å². The minimum absolute atomic E-state index is 0.0198. The van der Waals surface area contributed by atoms with Crippen molar-refractivity contribution in [2.24, 2.45) is 5.92 Å². The molecule has 3 nitrogen and oxygen atoms in total. The van der Waals surface area contributed by atoms with Crippen molar-refractivity contribution in [3.63, 3.8) is 0 Å². The van der Waals surface area contributed by atoms with Crippen LogP contribution in [0.3, 0.4) is 0 Å². The van der Waals surface area contributed by atoms with E-state index in [9.17, 15) is 4.79 Å². The van der Waals surface area contributed by atoms with E-state index in [4.69, 9.17) is 0 Å². The fraction of sp³-hybridized carbons (Fsp3) is 0.417. The van der Waals surface area contributed by atoms with Crippen LogP contribution in [0.1, 0.15) is 24.2 Å². The highest BCUT2D eigenvalue weighted by atomic mass is 16.1. The summed E-state index contributed by atoms with van der Waals surface area (Å²) in [5, 5.41) is 5.90. The molecule has 0 saturated heterocycles. The summed E-state index contributed by atoms with van der Waals surface area (Å²) in [6.45, 7) is 4.85. The van der Waals surface area contributed by atoms with E-state index in [1.165, 1.54) is 0 Å². The van der Waals surface area contributed by atoms with E-state index in [0.717, 1.165) is 5.69 Å². The summed E-state index contributed by atoms with van der Waals surface area (Å²) < 4.78 is 0. The molecular weight excluding hydrogens is 188 g/mol. The smallest absolute Gasteiger partial charge is 0.253 e. The number of amides is 1. The second kappa shape index (κ2) is 5.39. The van der Waals surface area contributed by atoms with E-state index in [0.29, 0.717) is 18.0 Å². The molecule has 0 aromatic heterocycles. The fourth-order valence-electron chi connectivity index (χ4n) is 1.29. The van der Waals surface area contributed by atoms with E-state index < -0.39 is 0 Å². The summed E-state index contributed by atoms with van der Waals surface area (Å²) in [5.41, 5.74) is 1.56. The van der Waals surface area contributed by atoms with E-state index in [1.54, 1.807) is 0 Å². The summed E-state index contributed by atoms with van der Waals surface area (Å²) in [4.78, 5) is 11.8. The molecule has 0 spiro atoms. The average Bonchev–Trinajstić information content (AvgIpc) is 2.25. The molecule has 0 saturated carbocycles. The van der Waals surface area contributed by atoms with Gasteiger partial charge in [0.25, 0.3) is 5.91 Å². The number of rotatable bonds is 4. The maximum Gasteiger partial charge on any atom is 0.253 e. The minimum Gasteiger partial charge on any atom is -0.387 e. The van der Waals surface area contributed by atoms with E-state index in [-0.39, 0.29) is 5.91 Å². The van der Waals surface area contributed by atoms with Crippen molar-refractivity contribution in [1.82, 2.24) is 5.32 Å². The van der Waals surface area contributed by atoms with Crippen LogP contribution in [-0.4, -0.2) is 19.5 Å². The van der Waals surface area contributed by atoms with Gasteiger partial charge in [0, 0.05) is 19.3 Å². The van der Waals surface area contributed by atoms with Gasteiger partial charge in [0.15, 0.2) is 0 Å². The Morgan fingerprint density at radius 3 is 2.60 bits per heavy atom. The SMILES string of the molecule is CNc1ccccc1C(=O)NCC(C)C. The Hall–Kier alpha value is -1.51. The standard InChI is InChI=1S/C12H18N2O/c1-9(2)8-14-12(15)10-6-4-5-7-11(10)13-3/h4-7,9,13H,8H2,1-3H3,(H,14,15). The lowest BCUT2D eigenvalue weighted by Gasteiger charge is -2.10. The predicted octanol–water partition coefficient (Wildman–Crippen LogP) is 2.11. The molecular formula is C12H18N2O. The van der Waals surface area contributed by atoms with Crippen molar-refractivity contribution in [3.05, 3.63) is 29.8 Å². The summed E-state index contributed by atoms with van der Waals surface area (Å²) >= 11 is 0. The summed E-state index contributed by atoms with van der Waals surface area (Å²) in [7, 11) is 1.81. The molecule has 0 aliphatic carbocycles. The third-order valence-corrected chi connectivity index (χ3v) is 2.11. The summed E-state index contributed by atoms with van der Waals surface area (Å²) in [6, 6.07) is 7.49. The van der Waals surface area contributed by atoms with E-state index >= 15 is 0 Å². The third-order valence-electron chi connectivity index (χ3n) is 2.11. The van der Waals surface area contributed by atoms with Gasteiger partial charge in [-0.2, -0.15) is 0 Å². The van der Waals surface area contributed by atoms with Crippen LogP contribution in [0.15, 0.2) is 24.3 Å². The van der Waals surface area contributed by atoms with Crippen LogP contribution < -0.4 is 10.6 Å². The van der Waals surface area contributed by atoms with Gasteiger partial charge >= 0.3 is 0 Å². The molecule has 3 heteroatoms. The maximum absolute atomic E-state index is 11.8. The van der Waals surface area contributed by atoms with E-state index in [2.05, 4.69) is 24.5 Å². The first-order valence-electron chi connectivity index (χ1n) is 5.20. The van der Waals surface area contributed by atoms with Crippen molar-refractivity contribution in [2.75, 3.05) is 18.9 Å². The first-order chi connectivity index (χ1) is 7.15. The number of benzene rings is 1. The van der Waals surface area contributed by atoms with Crippen LogP contribution in [0.4, 0.5) is 5.69 Å². The Bertz CT molecular complexity index is 334. The predicted molar refractivity (Wildman–Crippen MR) is 63.2 cm³/mol. The number of carbonyl (C=O) groups excluding carboxylic acids is 1. The Balaban J connectivity index is 2.72. The number of para-hydroxylation sites is 1. The van der Waals surface area contributed by atoms with Crippen LogP contribution in [0.25, 0.3) is 0 Å². The van der Waals surface area contributed by atoms with Crippen LogP contribution in [0.5, 0.6) is 0 Å². The van der Waals surface area contributed by atoms with Gasteiger partial charge in [-0.25, -0.2) is 0 Å². The molecule has 15 heavy (non-hydrogen) atoms. The summed E-state index contributed by atoms with van der Waals surface area (Å²) in [6.07, 6.45) is 0. The second-order valence-electron chi connectivity index (χ2n) is 3.90. The van der Waals surface area contributed by atoms with Crippen molar-refractivity contribution in [2.45, 2.75) is 13.8 Å². The van der Waals surface area contributed by atoms with Gasteiger partial charge in [-0.1, -0.05) is 26.0 Å². The minimum atomic E-state index is -0.0198. The molecule has 0 aliphatic heterocycles. The number of hydrogen-bond donors (Lipinski definition) is 2. The molecule has 1 amide bonds. The number of nitrogens with one attached hydrogen (secondary N) is 2. The van der Waals surface area contributed by atoms with Crippen LogP contribution >= 0.6 is 0 Å². The third kappa shape index (κ3) is 3.27. The lowest BCUT2D eigenvalue weighted by atomic mass is 10.1. The fourth-order valence-corrected chi connectivity index (χ4v) is 1.29. The molecule has 0 bridgehead atoms. The van der Waals surface area contributed by atoms with Gasteiger partial charge < -0.3 is 10.6 Å². The van der Waals surface area contributed by atoms with Crippen LogP contribution in [0.2, 0.25) is 0 Å². The van der Waals surface area contributed by atoms with Crippen LogP contribution in [0, 0.1) is 5.92 Å². The highest BCUT2D eigenvalue weighted by Crippen LogP contribution is 2.13. The van der Waals surface area contributed by atoms with Crippen molar-refractivity contribution < 1.29 is 4.79 Å². The first-order valence-corrected chi connectivity index (χ1v) is 5.20. The number of hydrogen-bond acceptors (Lipinski definition) is 2. The highest BCUT2D eigenvalue weighted by Gasteiger charge is 2.09. The maximum atomic E-state index is 11.8. The molecule has 0 radical (unpaired) electrons. The Labute approximate surface area is 90.9 Å². The molecule has 1 aromatic rings. The molecule has 0 heterocycles. The number of anilines is 1. The zero-order valence-electron chi connectivity index (χ0n) is 9.50.